The highest BCUT2D eigenvalue weighted by Gasteiger charge is 2.35. The lowest BCUT2D eigenvalue weighted by molar-refractivity contribution is -0.165. The van der Waals surface area contributed by atoms with Gasteiger partial charge in [-0.15, -0.1) is 0 Å². The first-order chi connectivity index (χ1) is 32.7. The Morgan fingerprint density at radius 1 is 0.652 bits per heavy atom. The number of benzene rings is 4. The van der Waals surface area contributed by atoms with Crippen LogP contribution in [0.5, 0.6) is 0 Å². The Hall–Kier alpha value is -6.60. The van der Waals surface area contributed by atoms with E-state index in [1.54, 1.807) is 18.3 Å². The van der Waals surface area contributed by atoms with E-state index in [1.807, 2.05) is 104 Å². The minimum absolute atomic E-state index is 0. The van der Waals surface area contributed by atoms with Gasteiger partial charge >= 0.3 is 29.1 Å². The number of rotatable bonds is 11. The van der Waals surface area contributed by atoms with Gasteiger partial charge in [-0.25, -0.2) is 19.2 Å². The molecule has 4 aliphatic rings. The molecule has 2 heterocycles. The molecule has 0 radical (unpaired) electrons. The van der Waals surface area contributed by atoms with Gasteiger partial charge in [-0.2, -0.15) is 0 Å². The number of halogens is 1. The maximum atomic E-state index is 13.3. The van der Waals surface area contributed by atoms with Gasteiger partial charge in [-0.3, -0.25) is 9.59 Å². The van der Waals surface area contributed by atoms with E-state index < -0.39 is 34.2 Å². The third-order valence-corrected chi connectivity index (χ3v) is 12.4. The molecule has 0 bridgehead atoms. The number of esters is 4. The van der Waals surface area contributed by atoms with Crippen LogP contribution in [0.1, 0.15) is 128 Å². The molecule has 2 saturated carbocycles. The number of ketones is 1. The summed E-state index contributed by atoms with van der Waals surface area (Å²) in [7, 11) is 2.75. The lowest BCUT2D eigenvalue weighted by Crippen LogP contribution is -2.36. The Labute approximate surface area is 410 Å². The van der Waals surface area contributed by atoms with E-state index in [2.05, 4.69) is 10.1 Å². The van der Waals surface area contributed by atoms with Gasteiger partial charge in [0.15, 0.2) is 0 Å². The molecule has 69 heavy (non-hydrogen) atoms. The van der Waals surface area contributed by atoms with Crippen molar-refractivity contribution < 1.29 is 52.5 Å². The van der Waals surface area contributed by atoms with E-state index in [1.165, 1.54) is 26.2 Å². The molecule has 1 N–H and O–H groups in total. The van der Waals surface area contributed by atoms with Gasteiger partial charge < -0.3 is 34.0 Å². The monoisotopic (exact) mass is 964 g/mol. The zero-order valence-electron chi connectivity index (χ0n) is 39.3. The molecule has 13 nitrogen and oxygen atoms in total. The van der Waals surface area contributed by atoms with Gasteiger partial charge in [0, 0.05) is 37.1 Å². The summed E-state index contributed by atoms with van der Waals surface area (Å²) in [5.41, 5.74) is 6.32. The number of anilines is 2. The number of Topliss-reactive ketones (excluding diaryl/α,β-unsaturated/α-hetero) is 1. The first-order valence-electron chi connectivity index (χ1n) is 23.1. The van der Waals surface area contributed by atoms with Crippen molar-refractivity contribution >= 4 is 69.7 Å². The van der Waals surface area contributed by atoms with E-state index in [-0.39, 0.29) is 19.4 Å². The fourth-order valence-electron chi connectivity index (χ4n) is 8.55. The predicted octanol–water partition coefficient (Wildman–Crippen LogP) is 10.2. The SMILES string of the molecule is C.CC1(OC(=O)C(=O)Cl)CCCCC1.COC(=O)c1ccc2c(c1)CCN2.COC(=O)c1ccc2c(c1)CCN2/C=C(/C(=O)C(=O)OC1(C)CCCCC1)c1ccccc1.O=CCc1ccccc1. The zero-order chi connectivity index (χ0) is 49.1. The highest BCUT2D eigenvalue weighted by atomic mass is 35.5. The van der Waals surface area contributed by atoms with E-state index >= 15 is 0 Å². The highest BCUT2D eigenvalue weighted by Crippen LogP contribution is 2.34. The molecule has 0 spiro atoms. The average Bonchev–Trinajstić information content (AvgIpc) is 4.00. The predicted molar refractivity (Wildman–Crippen MR) is 267 cm³/mol. The Kier molecular flexibility index (Phi) is 21.4. The first-order valence-corrected chi connectivity index (χ1v) is 23.4. The summed E-state index contributed by atoms with van der Waals surface area (Å²) in [6.45, 7) is 5.36. The normalized spacial score (nSPS) is 15.8. The summed E-state index contributed by atoms with van der Waals surface area (Å²) >= 11 is 5.00. The summed E-state index contributed by atoms with van der Waals surface area (Å²) in [6, 6.07) is 29.8. The Bertz CT molecular complexity index is 2420. The van der Waals surface area contributed by atoms with Crippen molar-refractivity contribution in [1.82, 2.24) is 0 Å². The molecular formula is C55H65ClN2O11. The van der Waals surface area contributed by atoms with Crippen molar-refractivity contribution in [3.05, 3.63) is 137 Å². The number of carbonyl (C=O) groups is 7. The largest absolute Gasteiger partial charge is 0.465 e. The van der Waals surface area contributed by atoms with Crippen molar-refractivity contribution in [2.75, 3.05) is 37.5 Å². The number of carbonyl (C=O) groups excluding carboxylic acids is 7. The average molecular weight is 966 g/mol. The third kappa shape index (κ3) is 16.3. The highest BCUT2D eigenvalue weighted by molar-refractivity contribution is 6.80. The molecule has 0 saturated heterocycles. The quantitative estimate of drug-likeness (QED) is 0.0376. The minimum atomic E-state index is -1.04. The van der Waals surface area contributed by atoms with Crippen molar-refractivity contribution in [3.63, 3.8) is 0 Å². The van der Waals surface area contributed by atoms with E-state index in [0.29, 0.717) is 35.2 Å². The summed E-state index contributed by atoms with van der Waals surface area (Å²) in [6.07, 6.45) is 14.4. The van der Waals surface area contributed by atoms with Gasteiger partial charge in [0.2, 0.25) is 0 Å². The number of aldehydes is 1. The second kappa shape index (κ2) is 26.8. The van der Waals surface area contributed by atoms with Crippen LogP contribution in [-0.4, -0.2) is 79.7 Å². The molecule has 4 aromatic carbocycles. The number of ether oxygens (including phenoxy) is 4. The van der Waals surface area contributed by atoms with Crippen LogP contribution in [-0.2, 0) is 62.2 Å². The number of methoxy groups -OCH3 is 2. The van der Waals surface area contributed by atoms with Crippen LogP contribution in [0.15, 0.2) is 103 Å². The van der Waals surface area contributed by atoms with Crippen LogP contribution >= 0.6 is 11.6 Å². The molecule has 4 aromatic rings. The minimum Gasteiger partial charge on any atom is -0.465 e. The molecule has 2 aliphatic carbocycles. The van der Waals surface area contributed by atoms with Crippen LogP contribution in [0.4, 0.5) is 11.4 Å². The van der Waals surface area contributed by atoms with Crippen LogP contribution in [0.25, 0.3) is 5.57 Å². The van der Waals surface area contributed by atoms with E-state index in [0.717, 1.165) is 106 Å². The topological polar surface area (TPSA) is 172 Å². The molecule has 8 rings (SSSR count). The molecule has 0 amide bonds. The molecular weight excluding hydrogens is 900 g/mol. The molecule has 0 atom stereocenters. The smallest absolute Gasteiger partial charge is 0.391 e. The molecule has 2 aliphatic heterocycles. The van der Waals surface area contributed by atoms with Crippen molar-refractivity contribution in [3.8, 4) is 0 Å². The molecule has 0 aromatic heterocycles. The maximum Gasteiger partial charge on any atom is 0.391 e. The lowest BCUT2D eigenvalue weighted by Gasteiger charge is -2.33. The summed E-state index contributed by atoms with van der Waals surface area (Å²) in [5, 5.41) is 2.20. The number of nitrogens with zero attached hydrogens (tertiary/aromatic N) is 1. The third-order valence-electron chi connectivity index (χ3n) is 12.3. The first kappa shape index (κ1) is 55.0. The fourth-order valence-corrected chi connectivity index (χ4v) is 8.59. The van der Waals surface area contributed by atoms with Gasteiger partial charge in [-0.1, -0.05) is 80.9 Å². The fraction of sp³-hybridized carbons (Fsp3) is 0.400. The van der Waals surface area contributed by atoms with Crippen LogP contribution in [0, 0.1) is 0 Å². The van der Waals surface area contributed by atoms with Crippen molar-refractivity contribution in [2.24, 2.45) is 0 Å². The standard InChI is InChI=1S/C27H29NO5.C10H11NO2.C9H13ClO3.C8H8O.CH4/c1-27(14-7-4-8-15-27)33-26(31)24(29)22(19-9-5-3-6-10-19)18-28-16-13-20-17-21(25(30)32-2)11-12-23(20)28;1-13-10(12)8-2-3-9-7(6-8)4-5-11-9;1-9(5-3-2-4-6-9)13-8(12)7(10)11;9-7-6-8-4-2-1-3-5-8;/h3,5-6,9-12,17-18H,4,7-8,13-16H2,1-2H3;2-3,6,11H,4-5H2,1H3;2-6H2,1H3;1-5,7H,6H2;1H4/b22-18+;;;;. The van der Waals surface area contributed by atoms with Gasteiger partial charge in [0.05, 0.1) is 30.9 Å². The molecule has 14 heteroatoms. The van der Waals surface area contributed by atoms with Crippen LogP contribution in [0.3, 0.4) is 0 Å². The second-order valence-electron chi connectivity index (χ2n) is 17.5. The van der Waals surface area contributed by atoms with Gasteiger partial charge in [-0.05, 0) is 148 Å². The van der Waals surface area contributed by atoms with Crippen molar-refractivity contribution in [2.45, 2.75) is 116 Å². The summed E-state index contributed by atoms with van der Waals surface area (Å²) < 4.78 is 20.2. The Morgan fingerprint density at radius 2 is 1.17 bits per heavy atom. The number of hydrogen-bond acceptors (Lipinski definition) is 13. The second-order valence-corrected chi connectivity index (χ2v) is 17.8. The number of fused-ring (bicyclic) bond motifs is 2. The Balaban J connectivity index is 0.000000235. The van der Waals surface area contributed by atoms with Gasteiger partial charge in [0.1, 0.15) is 17.5 Å². The van der Waals surface area contributed by atoms with Gasteiger partial charge in [0.25, 0.3) is 5.78 Å². The summed E-state index contributed by atoms with van der Waals surface area (Å²) in [5.74, 6) is -3.03. The summed E-state index contributed by atoms with van der Waals surface area (Å²) in [4.78, 5) is 82.6. The van der Waals surface area contributed by atoms with Crippen LogP contribution < -0.4 is 10.2 Å². The molecule has 368 valence electrons. The van der Waals surface area contributed by atoms with E-state index in [4.69, 9.17) is 25.8 Å². The van der Waals surface area contributed by atoms with E-state index in [9.17, 15) is 33.6 Å². The number of hydrogen-bond donors (Lipinski definition) is 1. The maximum absolute atomic E-state index is 13.3. The molecule has 0 unspecified atom stereocenters. The van der Waals surface area contributed by atoms with Crippen LogP contribution in [0.2, 0.25) is 0 Å². The zero-order valence-corrected chi connectivity index (χ0v) is 40.1. The number of nitrogens with one attached hydrogen (secondary N) is 1. The molecule has 2 fully saturated rings. The van der Waals surface area contributed by atoms with Crippen molar-refractivity contribution in [1.29, 1.82) is 0 Å². The Morgan fingerprint density at radius 3 is 1.71 bits per heavy atom. The lowest BCUT2D eigenvalue weighted by atomic mass is 9.86.